The first kappa shape index (κ1) is 14.9. The minimum absolute atomic E-state index is 0.132. The number of aliphatic hydroxyl groups is 1. The Morgan fingerprint density at radius 1 is 1.40 bits per heavy atom. The zero-order valence-electron chi connectivity index (χ0n) is 12.6. The Labute approximate surface area is 121 Å². The molecule has 3 nitrogen and oxygen atoms in total. The van der Waals surface area contributed by atoms with Crippen molar-refractivity contribution in [3.05, 3.63) is 29.3 Å². The molecule has 2 rings (SSSR count). The molecule has 1 aliphatic rings. The fourth-order valence-corrected chi connectivity index (χ4v) is 2.76. The van der Waals surface area contributed by atoms with Gasteiger partial charge in [-0.15, -0.1) is 0 Å². The summed E-state index contributed by atoms with van der Waals surface area (Å²) >= 11 is 0. The normalized spacial score (nSPS) is 17.6. The first-order valence-electron chi connectivity index (χ1n) is 7.08. The number of likely N-dealkylation sites (tertiary alicyclic amines) is 1. The zero-order chi connectivity index (χ0) is 14.6. The van der Waals surface area contributed by atoms with Crippen molar-refractivity contribution in [1.29, 1.82) is 0 Å². The molecule has 0 amide bonds. The van der Waals surface area contributed by atoms with Gasteiger partial charge in [0.15, 0.2) is 0 Å². The molecule has 1 aromatic rings. The molecule has 1 saturated heterocycles. The second kappa shape index (κ2) is 6.30. The van der Waals surface area contributed by atoms with Crippen molar-refractivity contribution in [2.45, 2.75) is 38.8 Å². The molecule has 1 aliphatic heterocycles. The molecule has 0 saturated carbocycles. The molecule has 0 aromatic heterocycles. The van der Waals surface area contributed by atoms with Crippen LogP contribution in [0.15, 0.2) is 18.2 Å². The quantitative estimate of drug-likeness (QED) is 0.859. The van der Waals surface area contributed by atoms with Gasteiger partial charge in [0.25, 0.3) is 0 Å². The molecule has 0 radical (unpaired) electrons. The van der Waals surface area contributed by atoms with Crippen LogP contribution in [0.25, 0.3) is 0 Å². The van der Waals surface area contributed by atoms with Crippen LogP contribution < -0.4 is 4.74 Å². The van der Waals surface area contributed by atoms with Gasteiger partial charge in [0.2, 0.25) is 0 Å². The number of aliphatic hydroxyl groups excluding tert-OH is 1. The lowest BCUT2D eigenvalue weighted by Gasteiger charge is -2.31. The maximum Gasteiger partial charge on any atom is 0.134 e. The number of methoxy groups -OCH3 is 1. The summed E-state index contributed by atoms with van der Waals surface area (Å²) in [6.07, 6.45) is 2.51. The van der Waals surface area contributed by atoms with Crippen LogP contribution in [0, 0.1) is 11.8 Å². The van der Waals surface area contributed by atoms with E-state index in [1.807, 2.05) is 6.07 Å². The lowest BCUT2D eigenvalue weighted by molar-refractivity contribution is 0.166. The molecule has 0 aliphatic carbocycles. The second-order valence-corrected chi connectivity index (χ2v) is 5.83. The van der Waals surface area contributed by atoms with E-state index in [0.717, 1.165) is 24.4 Å². The smallest absolute Gasteiger partial charge is 0.134 e. The van der Waals surface area contributed by atoms with E-state index >= 15 is 0 Å². The van der Waals surface area contributed by atoms with Gasteiger partial charge in [-0.3, -0.25) is 4.90 Å². The third-order valence-corrected chi connectivity index (χ3v) is 4.01. The van der Waals surface area contributed by atoms with Gasteiger partial charge in [0, 0.05) is 12.1 Å². The molecule has 0 atom stereocenters. The highest BCUT2D eigenvalue weighted by Crippen LogP contribution is 2.30. The molecule has 1 aromatic carbocycles. The van der Waals surface area contributed by atoms with E-state index in [0.29, 0.717) is 0 Å². The summed E-state index contributed by atoms with van der Waals surface area (Å²) in [5.74, 6) is 6.40. The third-order valence-electron chi connectivity index (χ3n) is 4.01. The predicted molar refractivity (Wildman–Crippen MR) is 80.7 cm³/mol. The minimum atomic E-state index is -0.132. The summed E-state index contributed by atoms with van der Waals surface area (Å²) in [5.41, 5.74) is 2.36. The number of hydrogen-bond acceptors (Lipinski definition) is 3. The van der Waals surface area contributed by atoms with Crippen LogP contribution in [0.4, 0.5) is 0 Å². The lowest BCUT2D eigenvalue weighted by Crippen LogP contribution is -2.37. The van der Waals surface area contributed by atoms with Crippen LogP contribution >= 0.6 is 0 Å². The van der Waals surface area contributed by atoms with E-state index in [1.54, 1.807) is 7.11 Å². The third kappa shape index (κ3) is 3.33. The summed E-state index contributed by atoms with van der Waals surface area (Å²) in [5, 5.41) is 8.84. The standard InChI is InChI=1S/C17H23NO2/c1-17(2)9-5-10-18(17)13-14-7-8-16(20-3)15(12-14)6-4-11-19/h7-8,12,19H,5,9-11,13H2,1-3H3. The molecule has 3 heteroatoms. The van der Waals surface area contributed by atoms with Crippen molar-refractivity contribution in [3.8, 4) is 17.6 Å². The molecule has 1 N–H and O–H groups in total. The maximum absolute atomic E-state index is 8.84. The molecule has 0 unspecified atom stereocenters. The second-order valence-electron chi connectivity index (χ2n) is 5.83. The van der Waals surface area contributed by atoms with E-state index in [1.165, 1.54) is 18.4 Å². The lowest BCUT2D eigenvalue weighted by atomic mass is 10.0. The first-order valence-corrected chi connectivity index (χ1v) is 7.08. The average Bonchev–Trinajstić information content (AvgIpc) is 2.76. The first-order chi connectivity index (χ1) is 9.56. The molecule has 1 heterocycles. The number of benzene rings is 1. The van der Waals surface area contributed by atoms with Crippen LogP contribution in [0.5, 0.6) is 5.75 Å². The van der Waals surface area contributed by atoms with Gasteiger partial charge in [0.05, 0.1) is 12.7 Å². The molecule has 0 bridgehead atoms. The highest BCUT2D eigenvalue weighted by molar-refractivity contribution is 5.48. The average molecular weight is 273 g/mol. The van der Waals surface area contributed by atoms with Crippen molar-refractivity contribution in [3.63, 3.8) is 0 Å². The van der Waals surface area contributed by atoms with Crippen LogP contribution in [-0.2, 0) is 6.54 Å². The van der Waals surface area contributed by atoms with Gasteiger partial charge in [-0.05, 0) is 50.9 Å². The molecule has 20 heavy (non-hydrogen) atoms. The number of nitrogens with zero attached hydrogens (tertiary/aromatic N) is 1. The van der Waals surface area contributed by atoms with Crippen molar-refractivity contribution in [2.75, 3.05) is 20.3 Å². The summed E-state index contributed by atoms with van der Waals surface area (Å²) < 4.78 is 5.31. The fraction of sp³-hybridized carbons (Fsp3) is 0.529. The maximum atomic E-state index is 8.84. The minimum Gasteiger partial charge on any atom is -0.495 e. The summed E-state index contributed by atoms with van der Waals surface area (Å²) in [4.78, 5) is 2.51. The van der Waals surface area contributed by atoms with Crippen molar-refractivity contribution in [2.24, 2.45) is 0 Å². The number of ether oxygens (including phenoxy) is 1. The molecular formula is C17H23NO2. The molecule has 1 fully saturated rings. The predicted octanol–water partition coefficient (Wildman–Crippen LogP) is 2.41. The largest absolute Gasteiger partial charge is 0.495 e. The van der Waals surface area contributed by atoms with Gasteiger partial charge in [-0.25, -0.2) is 0 Å². The summed E-state index contributed by atoms with van der Waals surface area (Å²) in [7, 11) is 1.64. The van der Waals surface area contributed by atoms with Crippen molar-refractivity contribution >= 4 is 0 Å². The van der Waals surface area contributed by atoms with Gasteiger partial charge >= 0.3 is 0 Å². The van der Waals surface area contributed by atoms with Gasteiger partial charge in [-0.1, -0.05) is 17.9 Å². The van der Waals surface area contributed by atoms with Gasteiger partial charge < -0.3 is 9.84 Å². The van der Waals surface area contributed by atoms with E-state index in [4.69, 9.17) is 9.84 Å². The summed E-state index contributed by atoms with van der Waals surface area (Å²) in [6.45, 7) is 6.56. The molecular weight excluding hydrogens is 250 g/mol. The highest BCUT2D eigenvalue weighted by Gasteiger charge is 2.31. The van der Waals surface area contributed by atoms with Crippen LogP contribution in [0.2, 0.25) is 0 Å². The SMILES string of the molecule is COc1ccc(CN2CCCC2(C)C)cc1C#CCO. The van der Waals surface area contributed by atoms with Gasteiger partial charge in [0.1, 0.15) is 12.4 Å². The van der Waals surface area contributed by atoms with Crippen molar-refractivity contribution < 1.29 is 9.84 Å². The van der Waals surface area contributed by atoms with E-state index < -0.39 is 0 Å². The Bertz CT molecular complexity index is 526. The topological polar surface area (TPSA) is 32.7 Å². The molecule has 0 spiro atoms. The van der Waals surface area contributed by atoms with Gasteiger partial charge in [-0.2, -0.15) is 0 Å². The monoisotopic (exact) mass is 273 g/mol. The fourth-order valence-electron chi connectivity index (χ4n) is 2.76. The Balaban J connectivity index is 2.20. The van der Waals surface area contributed by atoms with Crippen LogP contribution in [0.1, 0.15) is 37.8 Å². The Hall–Kier alpha value is -1.50. The van der Waals surface area contributed by atoms with Crippen LogP contribution in [0.3, 0.4) is 0 Å². The Kier molecular flexibility index (Phi) is 4.69. The Morgan fingerprint density at radius 2 is 2.20 bits per heavy atom. The van der Waals surface area contributed by atoms with E-state index in [9.17, 15) is 0 Å². The number of rotatable bonds is 3. The Morgan fingerprint density at radius 3 is 2.80 bits per heavy atom. The zero-order valence-corrected chi connectivity index (χ0v) is 12.6. The van der Waals surface area contributed by atoms with E-state index in [-0.39, 0.29) is 12.1 Å². The van der Waals surface area contributed by atoms with Crippen molar-refractivity contribution in [1.82, 2.24) is 4.90 Å². The van der Waals surface area contributed by atoms with E-state index in [2.05, 4.69) is 42.7 Å². The molecule has 108 valence electrons. The van der Waals surface area contributed by atoms with Crippen LogP contribution in [-0.4, -0.2) is 35.8 Å². The number of hydrogen-bond donors (Lipinski definition) is 1. The highest BCUT2D eigenvalue weighted by atomic mass is 16.5. The summed E-state index contributed by atoms with van der Waals surface area (Å²) in [6, 6.07) is 6.12.